The van der Waals surface area contributed by atoms with Crippen LogP contribution in [0.25, 0.3) is 0 Å². The van der Waals surface area contributed by atoms with Gasteiger partial charge in [-0.1, -0.05) is 242 Å². The molecule has 2 heterocycles. The lowest BCUT2D eigenvalue weighted by Gasteiger charge is -2.42. The smallest absolute Gasteiger partial charge is 0.306 e. The summed E-state index contributed by atoms with van der Waals surface area (Å²) < 4.78 is 33.7. The molecule has 2 fully saturated rings. The van der Waals surface area contributed by atoms with E-state index in [-0.39, 0.29) is 19.4 Å². The molecule has 4 unspecified atom stereocenters. The van der Waals surface area contributed by atoms with Crippen molar-refractivity contribution in [2.24, 2.45) is 0 Å². The van der Waals surface area contributed by atoms with Crippen LogP contribution in [0.1, 0.15) is 258 Å². The second-order valence-electron chi connectivity index (χ2n) is 22.6. The molecule has 0 spiro atoms. The minimum atomic E-state index is -1.77. The maximum absolute atomic E-state index is 13.1. The summed E-state index contributed by atoms with van der Waals surface area (Å²) in [5, 5.41) is 72.4. The Hall–Kier alpha value is -2.54. The Morgan fingerprint density at radius 3 is 1.21 bits per heavy atom. The van der Waals surface area contributed by atoms with Crippen molar-refractivity contribution in [2.75, 3.05) is 26.4 Å². The Balaban J connectivity index is 1.73. The van der Waals surface area contributed by atoms with Crippen LogP contribution in [0.2, 0.25) is 0 Å². The van der Waals surface area contributed by atoms with Crippen LogP contribution < -0.4 is 0 Å². The fourth-order valence-corrected chi connectivity index (χ4v) is 10.1. The Morgan fingerprint density at radius 1 is 0.400 bits per heavy atom. The van der Waals surface area contributed by atoms with Gasteiger partial charge >= 0.3 is 11.9 Å². The summed E-state index contributed by atoms with van der Waals surface area (Å²) in [7, 11) is 0. The largest absolute Gasteiger partial charge is 0.462 e. The standard InChI is InChI=1S/C65H116O15/c1-3-5-7-9-11-13-15-17-19-21-23-25-26-28-30-32-34-36-38-40-42-44-46-48-57(68)78-53(51-76-64-63(74)61(72)59(70)55(80-64)52-77-65-62(73)60(71)58(69)54(49-66)79-65)50-75-56(67)47-45-43-41-39-37-35-33-31-29-27-24-22-20-18-16-14-12-10-8-6-4-2/h20,22,27,29,33,35,39,41,53-55,58-66,69-74H,3-19,21,23-26,28,30-32,34,36-38,40,42-52H2,1-2H3/b22-20+,29-27+,35-33+,41-39+/t53-,54+,55+,58-,59-,60?,61?,62?,63?,64+,65+/m1/s1. The molecule has 15 nitrogen and oxygen atoms in total. The third-order valence-electron chi connectivity index (χ3n) is 15.3. The van der Waals surface area contributed by atoms with Crippen molar-refractivity contribution in [3.8, 4) is 0 Å². The van der Waals surface area contributed by atoms with Crippen molar-refractivity contribution in [1.82, 2.24) is 0 Å². The fourth-order valence-electron chi connectivity index (χ4n) is 10.1. The molecule has 2 aliphatic rings. The molecule has 2 rings (SSSR count). The molecule has 2 aliphatic heterocycles. The van der Waals surface area contributed by atoms with E-state index in [0.717, 1.165) is 44.9 Å². The predicted octanol–water partition coefficient (Wildman–Crippen LogP) is 12.2. The second-order valence-corrected chi connectivity index (χ2v) is 22.6. The number of unbranched alkanes of at least 4 members (excludes halogenated alkanes) is 30. The topological polar surface area (TPSA) is 231 Å². The SMILES string of the molecule is CCCCCCCCC/C=C/C/C=C/C/C=C/C/C=C/CCCC(=O)OC[C@H](CO[C@H]1O[C@@H](CO[C@H]2O[C@@H](CO)[C@@H](O)C(O)C2O)[C@@H](O)C(O)C1O)OC(=O)CCCCCCCCCCCCCCCCCCCCCCCCC. The molecule has 15 heteroatoms. The highest BCUT2D eigenvalue weighted by atomic mass is 16.7. The summed E-state index contributed by atoms with van der Waals surface area (Å²) in [6.07, 6.45) is 44.3. The Kier molecular flexibility index (Phi) is 46.8. The third kappa shape index (κ3) is 36.9. The van der Waals surface area contributed by atoms with Crippen molar-refractivity contribution in [3.05, 3.63) is 48.6 Å². The summed E-state index contributed by atoms with van der Waals surface area (Å²) in [5.74, 6) is -0.979. The lowest BCUT2D eigenvalue weighted by atomic mass is 9.98. The number of aliphatic hydroxyl groups is 7. The first-order valence-electron chi connectivity index (χ1n) is 32.2. The van der Waals surface area contributed by atoms with Crippen LogP contribution >= 0.6 is 0 Å². The maximum Gasteiger partial charge on any atom is 0.306 e. The van der Waals surface area contributed by atoms with Gasteiger partial charge in [-0.25, -0.2) is 0 Å². The lowest BCUT2D eigenvalue weighted by Crippen LogP contribution is -2.61. The van der Waals surface area contributed by atoms with Crippen molar-refractivity contribution >= 4 is 11.9 Å². The van der Waals surface area contributed by atoms with Gasteiger partial charge in [-0.2, -0.15) is 0 Å². The van der Waals surface area contributed by atoms with E-state index in [9.17, 15) is 45.3 Å². The average molecular weight is 1140 g/mol. The van der Waals surface area contributed by atoms with E-state index in [4.69, 9.17) is 28.4 Å². The first kappa shape index (κ1) is 73.6. The maximum atomic E-state index is 13.1. The third-order valence-corrected chi connectivity index (χ3v) is 15.3. The Morgan fingerprint density at radius 2 is 0.762 bits per heavy atom. The monoisotopic (exact) mass is 1140 g/mol. The first-order valence-corrected chi connectivity index (χ1v) is 32.2. The molecule has 7 N–H and O–H groups in total. The molecule has 0 aromatic carbocycles. The van der Waals surface area contributed by atoms with Gasteiger partial charge in [0.1, 0.15) is 55.4 Å². The number of carbonyl (C=O) groups is 2. The first-order chi connectivity index (χ1) is 39.0. The molecule has 0 bridgehead atoms. The van der Waals surface area contributed by atoms with E-state index in [1.54, 1.807) is 0 Å². The molecule has 0 aliphatic carbocycles. The van der Waals surface area contributed by atoms with E-state index in [2.05, 4.69) is 56.4 Å². The minimum absolute atomic E-state index is 0.143. The molecule has 11 atom stereocenters. The van der Waals surface area contributed by atoms with Crippen LogP contribution in [0.5, 0.6) is 0 Å². The van der Waals surface area contributed by atoms with Crippen molar-refractivity contribution < 1.29 is 73.8 Å². The average Bonchev–Trinajstić information content (AvgIpc) is 3.50. The Bertz CT molecular complexity index is 1570. The van der Waals surface area contributed by atoms with Crippen LogP contribution in [0.3, 0.4) is 0 Å². The van der Waals surface area contributed by atoms with E-state index in [0.29, 0.717) is 19.3 Å². The Labute approximate surface area is 484 Å². The van der Waals surface area contributed by atoms with Crippen LogP contribution in [0, 0.1) is 0 Å². The minimum Gasteiger partial charge on any atom is -0.462 e. The zero-order valence-corrected chi connectivity index (χ0v) is 50.1. The van der Waals surface area contributed by atoms with Gasteiger partial charge < -0.3 is 64.2 Å². The van der Waals surface area contributed by atoms with E-state index in [1.807, 2.05) is 6.08 Å². The number of ether oxygens (including phenoxy) is 6. The van der Waals surface area contributed by atoms with E-state index < -0.39 is 99.3 Å². The van der Waals surface area contributed by atoms with Crippen LogP contribution in [-0.4, -0.2) is 142 Å². The normalized spacial score (nSPS) is 24.0. The number of rotatable bonds is 52. The summed E-state index contributed by atoms with van der Waals surface area (Å²) in [4.78, 5) is 26.0. The van der Waals surface area contributed by atoms with Crippen molar-refractivity contribution in [2.45, 2.75) is 325 Å². The summed E-state index contributed by atoms with van der Waals surface area (Å²) >= 11 is 0. The van der Waals surface area contributed by atoms with Crippen molar-refractivity contribution in [1.29, 1.82) is 0 Å². The molecular formula is C65H116O15. The molecule has 0 aromatic heterocycles. The molecule has 0 aromatic rings. The molecular weight excluding hydrogens is 1020 g/mol. The van der Waals surface area contributed by atoms with Gasteiger partial charge in [0, 0.05) is 12.8 Å². The van der Waals surface area contributed by atoms with Crippen LogP contribution in [0.4, 0.5) is 0 Å². The number of carbonyl (C=O) groups excluding carboxylic acids is 2. The second kappa shape index (κ2) is 50.9. The molecule has 0 radical (unpaired) electrons. The summed E-state index contributed by atoms with van der Waals surface area (Å²) in [6, 6.07) is 0. The highest BCUT2D eigenvalue weighted by Crippen LogP contribution is 2.27. The van der Waals surface area contributed by atoms with Gasteiger partial charge in [0.15, 0.2) is 18.7 Å². The van der Waals surface area contributed by atoms with Gasteiger partial charge in [-0.05, 0) is 51.4 Å². The number of esters is 2. The fraction of sp³-hybridized carbons (Fsp3) is 0.846. The lowest BCUT2D eigenvalue weighted by molar-refractivity contribution is -0.332. The summed E-state index contributed by atoms with van der Waals surface area (Å²) in [6.45, 7) is 2.59. The van der Waals surface area contributed by atoms with Crippen molar-refractivity contribution in [3.63, 3.8) is 0 Å². The van der Waals surface area contributed by atoms with Gasteiger partial charge in [-0.15, -0.1) is 0 Å². The zero-order chi connectivity index (χ0) is 58.1. The van der Waals surface area contributed by atoms with Gasteiger partial charge in [-0.3, -0.25) is 9.59 Å². The highest BCUT2D eigenvalue weighted by Gasteiger charge is 2.47. The number of aliphatic hydroxyl groups excluding tert-OH is 7. The van der Waals surface area contributed by atoms with E-state index >= 15 is 0 Å². The molecule has 80 heavy (non-hydrogen) atoms. The molecule has 0 saturated carbocycles. The quantitative estimate of drug-likeness (QED) is 0.0171. The number of allylic oxidation sites excluding steroid dienone is 8. The molecule has 0 amide bonds. The van der Waals surface area contributed by atoms with E-state index in [1.165, 1.54) is 167 Å². The number of hydrogen-bond acceptors (Lipinski definition) is 15. The predicted molar refractivity (Wildman–Crippen MR) is 317 cm³/mol. The highest BCUT2D eigenvalue weighted by molar-refractivity contribution is 5.70. The molecule has 466 valence electrons. The summed E-state index contributed by atoms with van der Waals surface area (Å²) in [5.41, 5.74) is 0. The number of hydrogen-bond donors (Lipinski definition) is 7. The van der Waals surface area contributed by atoms with Gasteiger partial charge in [0.2, 0.25) is 0 Å². The van der Waals surface area contributed by atoms with Gasteiger partial charge in [0.05, 0.1) is 19.8 Å². The van der Waals surface area contributed by atoms with Gasteiger partial charge in [0.25, 0.3) is 0 Å². The molecule has 2 saturated heterocycles. The van der Waals surface area contributed by atoms with Crippen LogP contribution in [0.15, 0.2) is 48.6 Å². The van der Waals surface area contributed by atoms with Crippen LogP contribution in [-0.2, 0) is 38.0 Å². The zero-order valence-electron chi connectivity index (χ0n) is 50.1.